The molecule has 2 fully saturated rings. The Hall–Kier alpha value is -7.01. The van der Waals surface area contributed by atoms with Gasteiger partial charge in [-0.1, -0.05) is 103 Å². The number of nitrogens with zero attached hydrogens (tertiary/aromatic N) is 1. The molecule has 358 valence electrons. The van der Waals surface area contributed by atoms with Gasteiger partial charge in [-0.25, -0.2) is 0 Å². The Labute approximate surface area is 392 Å². The molecule has 2 aliphatic heterocycles. The minimum atomic E-state index is -1.68. The number of carbonyl (C=O) groups excluding carboxylic acids is 5. The zero-order valence-electron chi connectivity index (χ0n) is 38.0. The fourth-order valence-electron chi connectivity index (χ4n) is 7.67. The van der Waals surface area contributed by atoms with Gasteiger partial charge in [-0.3, -0.25) is 34.1 Å². The smallest absolute Gasteiger partial charge is 0.303 e. The zero-order valence-corrected chi connectivity index (χ0v) is 38.0. The van der Waals surface area contributed by atoms with Crippen LogP contribution >= 0.6 is 0 Å². The van der Waals surface area contributed by atoms with Crippen LogP contribution in [0.5, 0.6) is 0 Å². The van der Waals surface area contributed by atoms with Crippen molar-refractivity contribution in [1.82, 2.24) is 5.32 Å². The van der Waals surface area contributed by atoms with Crippen molar-refractivity contribution in [2.24, 2.45) is 0 Å². The van der Waals surface area contributed by atoms with Crippen molar-refractivity contribution in [2.45, 2.75) is 116 Å². The summed E-state index contributed by atoms with van der Waals surface area (Å²) in [6.07, 6.45) is -11.7. The van der Waals surface area contributed by atoms with Gasteiger partial charge in [0.1, 0.15) is 37.1 Å². The molecule has 2 aliphatic rings. The second-order valence-corrected chi connectivity index (χ2v) is 15.9. The van der Waals surface area contributed by atoms with Gasteiger partial charge in [-0.15, -0.1) is 0 Å². The number of non-ortho nitro benzene ring substituents is 1. The van der Waals surface area contributed by atoms with E-state index in [1.165, 1.54) is 12.1 Å². The molecule has 2 saturated heterocycles. The summed E-state index contributed by atoms with van der Waals surface area (Å²) in [5.41, 5.74) is 1.90. The summed E-state index contributed by atoms with van der Waals surface area (Å²) in [5, 5.41) is 14.7. The van der Waals surface area contributed by atoms with Crippen LogP contribution < -0.4 is 5.32 Å². The third-order valence-electron chi connectivity index (χ3n) is 10.7. The second-order valence-electron chi connectivity index (χ2n) is 15.9. The van der Waals surface area contributed by atoms with Crippen LogP contribution in [0.1, 0.15) is 67.2 Å². The van der Waals surface area contributed by atoms with Crippen molar-refractivity contribution >= 4 is 35.5 Å². The molecular weight excluding hydrogens is 885 g/mol. The molecule has 18 heteroatoms. The number of nitro benzene ring substituents is 1. The standard InChI is InChI=1S/C50H52N2O16/c1-30-43(61-26-35-15-9-6-10-16-35)46(63-28-37-19-13-8-14-20-37)44(62-27-36-17-11-7-12-18-36)41(64-30)24-22-38-21-23-39(52(58)59)25-40(38)49(57)51-50-48(67-34(5)56)47(66-33(4)55)45(65-32(3)54)42(68-50)29-60-31(2)53/h6-21,23,25,30,41-48,50H,26-29H2,1-5H3,(H,51,57)/t30-,41-,42+,43+,44+,45-,46+,47-,48+,50+/m0/s1. The molecule has 6 rings (SSSR count). The maximum absolute atomic E-state index is 14.4. The highest BCUT2D eigenvalue weighted by Gasteiger charge is 2.53. The van der Waals surface area contributed by atoms with Crippen molar-refractivity contribution < 1.29 is 71.5 Å². The Kier molecular flexibility index (Phi) is 17.9. The van der Waals surface area contributed by atoms with E-state index in [1.807, 2.05) is 97.9 Å². The molecule has 1 N–H and O–H groups in total. The minimum absolute atomic E-state index is 0.000927. The van der Waals surface area contributed by atoms with Crippen molar-refractivity contribution in [3.8, 4) is 11.8 Å². The zero-order chi connectivity index (χ0) is 48.7. The largest absolute Gasteiger partial charge is 0.463 e. The lowest BCUT2D eigenvalue weighted by Crippen LogP contribution is -2.66. The molecule has 0 radical (unpaired) electrons. The molecule has 0 unspecified atom stereocenters. The highest BCUT2D eigenvalue weighted by Crippen LogP contribution is 2.32. The number of hydrogen-bond donors (Lipinski definition) is 1. The van der Waals surface area contributed by atoms with Crippen molar-refractivity contribution in [3.63, 3.8) is 0 Å². The average Bonchev–Trinajstić information content (AvgIpc) is 3.31. The van der Waals surface area contributed by atoms with Gasteiger partial charge in [-0.2, -0.15) is 0 Å². The molecule has 0 saturated carbocycles. The van der Waals surface area contributed by atoms with Gasteiger partial charge < -0.3 is 47.9 Å². The molecule has 0 bridgehead atoms. The first-order chi connectivity index (χ1) is 32.7. The third-order valence-corrected chi connectivity index (χ3v) is 10.7. The van der Waals surface area contributed by atoms with E-state index >= 15 is 0 Å². The Balaban J connectivity index is 1.37. The van der Waals surface area contributed by atoms with Gasteiger partial charge in [-0.05, 0) is 29.7 Å². The van der Waals surface area contributed by atoms with Crippen molar-refractivity contribution in [2.75, 3.05) is 6.61 Å². The molecule has 0 aromatic heterocycles. The van der Waals surface area contributed by atoms with E-state index in [1.54, 1.807) is 0 Å². The lowest BCUT2D eigenvalue weighted by atomic mass is 9.94. The SMILES string of the molecule is CC(=O)OC[C@H]1O[C@@H](NC(=O)c2cc([N+](=O)[O-])ccc2C#C[C@@H]2O[C@@H](C)[C@@H](OCc3ccccc3)[C@@H](OCc3ccccc3)[C@@H]2OCc2ccccc2)[C@H](OC(C)=O)[C@@H](OC(C)=O)[C@H]1OC(C)=O. The first-order valence-corrected chi connectivity index (χ1v) is 21.7. The number of amides is 1. The van der Waals surface area contributed by atoms with Crippen LogP contribution in [0.15, 0.2) is 109 Å². The second kappa shape index (κ2) is 24.1. The highest BCUT2D eigenvalue weighted by molar-refractivity contribution is 5.97. The maximum Gasteiger partial charge on any atom is 0.303 e. The van der Waals surface area contributed by atoms with E-state index in [9.17, 15) is 34.1 Å². The Morgan fingerprint density at radius 3 is 1.63 bits per heavy atom. The summed E-state index contributed by atoms with van der Waals surface area (Å²) in [6.45, 7) is 6.13. The third kappa shape index (κ3) is 14.0. The molecule has 0 aliphatic carbocycles. The Morgan fingerprint density at radius 1 is 0.618 bits per heavy atom. The predicted molar refractivity (Wildman–Crippen MR) is 239 cm³/mol. The summed E-state index contributed by atoms with van der Waals surface area (Å²) in [6, 6.07) is 32.1. The molecule has 4 aromatic rings. The molecule has 4 aromatic carbocycles. The van der Waals surface area contributed by atoms with E-state index in [-0.39, 0.29) is 30.9 Å². The molecule has 0 spiro atoms. The maximum atomic E-state index is 14.4. The average molecular weight is 937 g/mol. The fourth-order valence-corrected chi connectivity index (χ4v) is 7.67. The van der Waals surface area contributed by atoms with Gasteiger partial charge >= 0.3 is 23.9 Å². The van der Waals surface area contributed by atoms with Gasteiger partial charge in [0.05, 0.1) is 36.4 Å². The van der Waals surface area contributed by atoms with Crippen LogP contribution in [0.4, 0.5) is 5.69 Å². The van der Waals surface area contributed by atoms with E-state index in [0.29, 0.717) is 0 Å². The summed E-state index contributed by atoms with van der Waals surface area (Å²) in [7, 11) is 0. The number of nitrogens with one attached hydrogen (secondary N) is 1. The lowest BCUT2D eigenvalue weighted by Gasteiger charge is -2.44. The topological polar surface area (TPSA) is 224 Å². The normalized spacial score (nSPS) is 24.2. The summed E-state index contributed by atoms with van der Waals surface area (Å²) >= 11 is 0. The van der Waals surface area contributed by atoms with Crippen molar-refractivity contribution in [3.05, 3.63) is 147 Å². The van der Waals surface area contributed by atoms with Crippen LogP contribution in [0.25, 0.3) is 0 Å². The monoisotopic (exact) mass is 936 g/mol. The number of carbonyl (C=O) groups is 5. The number of benzene rings is 4. The predicted octanol–water partition coefficient (Wildman–Crippen LogP) is 5.30. The molecule has 1 amide bonds. The number of ether oxygens (including phenoxy) is 9. The molecule has 18 nitrogen and oxygen atoms in total. The fraction of sp³-hybridized carbons (Fsp3) is 0.380. The van der Waals surface area contributed by atoms with Gasteiger partial charge in [0.25, 0.3) is 11.6 Å². The molecule has 2 heterocycles. The van der Waals surface area contributed by atoms with Crippen LogP contribution in [0.2, 0.25) is 0 Å². The minimum Gasteiger partial charge on any atom is -0.463 e. The summed E-state index contributed by atoms with van der Waals surface area (Å²) in [5.74, 6) is 1.72. The van der Waals surface area contributed by atoms with E-state index in [4.69, 9.17) is 42.6 Å². The van der Waals surface area contributed by atoms with Crippen LogP contribution in [-0.4, -0.2) is 102 Å². The number of hydrogen-bond acceptors (Lipinski definition) is 16. The Bertz CT molecular complexity index is 2440. The molecule has 68 heavy (non-hydrogen) atoms. The number of rotatable bonds is 17. The van der Waals surface area contributed by atoms with E-state index in [0.717, 1.165) is 50.5 Å². The summed E-state index contributed by atoms with van der Waals surface area (Å²) < 4.78 is 54.1. The number of nitro groups is 1. The van der Waals surface area contributed by atoms with Crippen LogP contribution in [-0.2, 0) is 81.6 Å². The van der Waals surface area contributed by atoms with Gasteiger partial charge in [0.2, 0.25) is 0 Å². The highest BCUT2D eigenvalue weighted by atomic mass is 16.7. The van der Waals surface area contributed by atoms with Crippen molar-refractivity contribution in [1.29, 1.82) is 0 Å². The first kappa shape index (κ1) is 50.4. The van der Waals surface area contributed by atoms with Crippen LogP contribution in [0.3, 0.4) is 0 Å². The lowest BCUT2D eigenvalue weighted by molar-refractivity contribution is -0.384. The molecule has 10 atom stereocenters. The quantitative estimate of drug-likeness (QED) is 0.0466. The van der Waals surface area contributed by atoms with Gasteiger partial charge in [0, 0.05) is 45.4 Å². The summed E-state index contributed by atoms with van der Waals surface area (Å²) in [4.78, 5) is 74.8. The van der Waals surface area contributed by atoms with Crippen LogP contribution in [0, 0.1) is 22.0 Å². The first-order valence-electron chi connectivity index (χ1n) is 21.7. The Morgan fingerprint density at radius 2 is 1.12 bits per heavy atom. The van der Waals surface area contributed by atoms with E-state index < -0.39 is 108 Å². The number of esters is 4. The van der Waals surface area contributed by atoms with Gasteiger partial charge in [0.15, 0.2) is 24.5 Å². The van der Waals surface area contributed by atoms with E-state index in [2.05, 4.69) is 17.2 Å². The molecular formula is C50H52N2O16.